The second-order valence-corrected chi connectivity index (χ2v) is 8.91. The van der Waals surface area contributed by atoms with Crippen molar-refractivity contribution in [1.82, 2.24) is 24.5 Å². The van der Waals surface area contributed by atoms with Crippen LogP contribution in [0.4, 0.5) is 0 Å². The van der Waals surface area contributed by atoms with Crippen molar-refractivity contribution >= 4 is 0 Å². The average molecular weight is 412 g/mol. The molecule has 4 heterocycles. The monoisotopic (exact) mass is 411 g/mol. The summed E-state index contributed by atoms with van der Waals surface area (Å²) in [4.78, 5) is 7.91. The van der Waals surface area contributed by atoms with E-state index in [0.717, 1.165) is 50.8 Å². The van der Waals surface area contributed by atoms with Crippen molar-refractivity contribution in [2.75, 3.05) is 46.1 Å². The second-order valence-electron chi connectivity index (χ2n) is 8.91. The summed E-state index contributed by atoms with van der Waals surface area (Å²) in [6, 6.07) is 7.02. The van der Waals surface area contributed by atoms with Crippen LogP contribution in [0.15, 0.2) is 24.4 Å². The van der Waals surface area contributed by atoms with Crippen LogP contribution in [0.3, 0.4) is 0 Å². The molecule has 0 radical (unpaired) electrons. The number of nitrogens with zero attached hydrogens (tertiary/aromatic N) is 5. The summed E-state index contributed by atoms with van der Waals surface area (Å²) in [5.74, 6) is 1.75. The van der Waals surface area contributed by atoms with Crippen molar-refractivity contribution in [2.45, 2.75) is 38.9 Å². The molecule has 0 saturated carbocycles. The van der Waals surface area contributed by atoms with Gasteiger partial charge in [0, 0.05) is 70.2 Å². The maximum absolute atomic E-state index is 5.53. The van der Waals surface area contributed by atoms with Gasteiger partial charge in [-0.15, -0.1) is 0 Å². The minimum Gasteiger partial charge on any atom is -0.454 e. The molecular weight excluding hydrogens is 378 g/mol. The van der Waals surface area contributed by atoms with Crippen LogP contribution in [-0.4, -0.2) is 76.6 Å². The minimum atomic E-state index is 0.343. The summed E-state index contributed by atoms with van der Waals surface area (Å²) >= 11 is 0. The van der Waals surface area contributed by atoms with Crippen molar-refractivity contribution in [1.29, 1.82) is 0 Å². The summed E-state index contributed by atoms with van der Waals surface area (Å²) in [6.45, 7) is 11.5. The predicted molar refractivity (Wildman–Crippen MR) is 116 cm³/mol. The van der Waals surface area contributed by atoms with Gasteiger partial charge in [0.15, 0.2) is 11.5 Å². The molecule has 0 aliphatic carbocycles. The first-order valence-corrected chi connectivity index (χ1v) is 11.2. The number of ether oxygens (including phenoxy) is 2. The molecule has 30 heavy (non-hydrogen) atoms. The van der Waals surface area contributed by atoms with Crippen LogP contribution in [0.25, 0.3) is 0 Å². The van der Waals surface area contributed by atoms with Gasteiger partial charge in [-0.25, -0.2) is 0 Å². The fourth-order valence-electron chi connectivity index (χ4n) is 5.00. The van der Waals surface area contributed by atoms with Gasteiger partial charge in [0.05, 0.1) is 6.20 Å². The number of aromatic nitrogens is 2. The normalized spacial score (nSPS) is 23.2. The van der Waals surface area contributed by atoms with Gasteiger partial charge >= 0.3 is 0 Å². The smallest absolute Gasteiger partial charge is 0.231 e. The number of fused-ring (bicyclic) bond motifs is 1. The summed E-state index contributed by atoms with van der Waals surface area (Å²) < 4.78 is 12.9. The van der Waals surface area contributed by atoms with E-state index in [1.165, 1.54) is 42.8 Å². The van der Waals surface area contributed by atoms with E-state index in [1.54, 1.807) is 0 Å². The summed E-state index contributed by atoms with van der Waals surface area (Å²) in [5.41, 5.74) is 3.96. The number of piperidine rings is 1. The molecule has 7 nitrogen and oxygen atoms in total. The molecule has 2 aromatic rings. The molecule has 5 rings (SSSR count). The number of likely N-dealkylation sites (tertiary alicyclic amines) is 1. The van der Waals surface area contributed by atoms with Gasteiger partial charge in [-0.05, 0) is 44.0 Å². The van der Waals surface area contributed by atoms with Crippen molar-refractivity contribution in [3.05, 3.63) is 41.2 Å². The Morgan fingerprint density at radius 2 is 1.83 bits per heavy atom. The SMILES string of the molecule is Cc1c(CN2CCC[C@H](N3CCN(Cc4ccc5c(c4)OCO5)CC3)C2)cnn1C. The number of aryl methyl sites for hydroxylation is 1. The first kappa shape index (κ1) is 19.8. The van der Waals surface area contributed by atoms with E-state index in [-0.39, 0.29) is 0 Å². The van der Waals surface area contributed by atoms with Gasteiger partial charge in [0.25, 0.3) is 0 Å². The van der Waals surface area contributed by atoms with Crippen LogP contribution in [0, 0.1) is 6.92 Å². The first-order chi connectivity index (χ1) is 14.7. The Hall–Kier alpha value is -2.09. The van der Waals surface area contributed by atoms with Gasteiger partial charge in [0.1, 0.15) is 0 Å². The number of hydrogen-bond donors (Lipinski definition) is 0. The summed E-state index contributed by atoms with van der Waals surface area (Å²) in [6.07, 6.45) is 4.65. The highest BCUT2D eigenvalue weighted by Gasteiger charge is 2.28. The third kappa shape index (κ3) is 4.19. The van der Waals surface area contributed by atoms with Crippen LogP contribution >= 0.6 is 0 Å². The number of rotatable bonds is 5. The molecule has 0 bridgehead atoms. The first-order valence-electron chi connectivity index (χ1n) is 11.2. The highest BCUT2D eigenvalue weighted by atomic mass is 16.7. The molecule has 3 aliphatic rings. The van der Waals surface area contributed by atoms with Gasteiger partial charge in [-0.2, -0.15) is 5.10 Å². The fourth-order valence-corrected chi connectivity index (χ4v) is 5.00. The highest BCUT2D eigenvalue weighted by Crippen LogP contribution is 2.33. The average Bonchev–Trinajstić information content (AvgIpc) is 3.36. The van der Waals surface area contributed by atoms with Crippen molar-refractivity contribution in [3.8, 4) is 11.5 Å². The third-order valence-corrected chi connectivity index (χ3v) is 6.98. The van der Waals surface area contributed by atoms with Crippen molar-refractivity contribution in [3.63, 3.8) is 0 Å². The molecule has 0 spiro atoms. The fraction of sp³-hybridized carbons (Fsp3) is 0.609. The van der Waals surface area contributed by atoms with E-state index < -0.39 is 0 Å². The number of hydrogen-bond acceptors (Lipinski definition) is 6. The Kier molecular flexibility index (Phi) is 5.67. The standard InChI is InChI=1S/C23H33N5O2/c1-18-20(13-24-25(18)2)15-27-7-3-4-21(16-27)28-10-8-26(9-11-28)14-19-5-6-22-23(12-19)30-17-29-22/h5-6,12-13,21H,3-4,7-11,14-17H2,1-2H3/t21-/m0/s1. The molecule has 1 aromatic carbocycles. The predicted octanol–water partition coefficient (Wildman–Crippen LogP) is 2.24. The lowest BCUT2D eigenvalue weighted by atomic mass is 10.0. The lowest BCUT2D eigenvalue weighted by Crippen LogP contribution is -2.54. The molecule has 0 amide bonds. The lowest BCUT2D eigenvalue weighted by Gasteiger charge is -2.43. The summed E-state index contributed by atoms with van der Waals surface area (Å²) in [7, 11) is 2.03. The van der Waals surface area contributed by atoms with E-state index in [0.29, 0.717) is 12.8 Å². The number of piperazine rings is 1. The molecule has 0 N–H and O–H groups in total. The van der Waals surface area contributed by atoms with E-state index in [4.69, 9.17) is 9.47 Å². The Morgan fingerprint density at radius 1 is 1.00 bits per heavy atom. The van der Waals surface area contributed by atoms with Gasteiger partial charge in [0.2, 0.25) is 6.79 Å². The molecule has 2 saturated heterocycles. The zero-order valence-electron chi connectivity index (χ0n) is 18.2. The quantitative estimate of drug-likeness (QED) is 0.752. The molecule has 1 atom stereocenters. The minimum absolute atomic E-state index is 0.343. The zero-order chi connectivity index (χ0) is 20.5. The van der Waals surface area contributed by atoms with Crippen LogP contribution in [0.5, 0.6) is 11.5 Å². The Morgan fingerprint density at radius 3 is 2.63 bits per heavy atom. The second kappa shape index (κ2) is 8.57. The lowest BCUT2D eigenvalue weighted by molar-refractivity contribution is 0.0476. The zero-order valence-corrected chi connectivity index (χ0v) is 18.2. The highest BCUT2D eigenvalue weighted by molar-refractivity contribution is 5.44. The molecule has 1 aromatic heterocycles. The van der Waals surface area contributed by atoms with E-state index >= 15 is 0 Å². The van der Waals surface area contributed by atoms with Gasteiger partial charge in [-0.1, -0.05) is 6.07 Å². The Bertz CT molecular complexity index is 874. The van der Waals surface area contributed by atoms with Gasteiger partial charge in [-0.3, -0.25) is 19.4 Å². The third-order valence-electron chi connectivity index (χ3n) is 6.98. The molecule has 162 valence electrons. The van der Waals surface area contributed by atoms with E-state index in [1.807, 2.05) is 24.0 Å². The molecule has 2 fully saturated rings. The Labute approximate surface area is 179 Å². The molecule has 0 unspecified atom stereocenters. The molecule has 3 aliphatic heterocycles. The maximum Gasteiger partial charge on any atom is 0.231 e. The van der Waals surface area contributed by atoms with E-state index in [9.17, 15) is 0 Å². The molecular formula is C23H33N5O2. The van der Waals surface area contributed by atoms with Gasteiger partial charge < -0.3 is 9.47 Å². The largest absolute Gasteiger partial charge is 0.454 e. The topological polar surface area (TPSA) is 46.0 Å². The van der Waals surface area contributed by atoms with Crippen LogP contribution in [0.1, 0.15) is 29.7 Å². The van der Waals surface area contributed by atoms with Crippen LogP contribution in [0.2, 0.25) is 0 Å². The van der Waals surface area contributed by atoms with Crippen molar-refractivity contribution < 1.29 is 9.47 Å². The van der Waals surface area contributed by atoms with Crippen LogP contribution in [-0.2, 0) is 20.1 Å². The van der Waals surface area contributed by atoms with Crippen LogP contribution < -0.4 is 9.47 Å². The maximum atomic E-state index is 5.53. The Balaban J connectivity index is 1.12. The van der Waals surface area contributed by atoms with E-state index in [2.05, 4.69) is 38.9 Å². The number of benzene rings is 1. The van der Waals surface area contributed by atoms with Crippen molar-refractivity contribution in [2.24, 2.45) is 7.05 Å². The summed E-state index contributed by atoms with van der Waals surface area (Å²) in [5, 5.41) is 4.41. The molecule has 7 heteroatoms.